The molecule has 2 unspecified atom stereocenters. The lowest BCUT2D eigenvalue weighted by Gasteiger charge is -2.34. The van der Waals surface area contributed by atoms with Gasteiger partial charge in [-0.25, -0.2) is 4.98 Å². The molecule has 1 aliphatic heterocycles. The van der Waals surface area contributed by atoms with Crippen molar-refractivity contribution in [3.63, 3.8) is 0 Å². The van der Waals surface area contributed by atoms with E-state index in [9.17, 15) is 9.90 Å². The molecule has 106 valence electrons. The smallest absolute Gasteiger partial charge is 0.232 e. The van der Waals surface area contributed by atoms with Crippen LogP contribution >= 0.6 is 23.1 Å². The number of hydrogen-bond acceptors (Lipinski definition) is 5. The first-order valence-electron chi connectivity index (χ1n) is 6.57. The van der Waals surface area contributed by atoms with Gasteiger partial charge >= 0.3 is 0 Å². The second-order valence-electron chi connectivity index (χ2n) is 4.96. The second kappa shape index (κ2) is 7.26. The number of thiazole rings is 1. The number of aliphatic hydroxyl groups excluding tert-OH is 1. The van der Waals surface area contributed by atoms with Gasteiger partial charge in [-0.1, -0.05) is 0 Å². The number of thioether (sulfide) groups is 1. The first-order valence-corrected chi connectivity index (χ1v) is 8.67. The molecular formula is C13H20N2O2S2. The van der Waals surface area contributed by atoms with E-state index in [1.54, 1.807) is 23.1 Å². The van der Waals surface area contributed by atoms with Gasteiger partial charge in [0.05, 0.1) is 23.1 Å². The fourth-order valence-corrected chi connectivity index (χ4v) is 3.76. The van der Waals surface area contributed by atoms with E-state index in [0.717, 1.165) is 30.8 Å². The molecule has 2 atom stereocenters. The summed E-state index contributed by atoms with van der Waals surface area (Å²) in [7, 11) is 0. The molecular weight excluding hydrogens is 280 g/mol. The molecule has 1 aliphatic rings. The molecule has 1 fully saturated rings. The molecule has 0 saturated carbocycles. The lowest BCUT2D eigenvalue weighted by molar-refractivity contribution is -0.130. The molecule has 0 radical (unpaired) electrons. The molecule has 4 nitrogen and oxygen atoms in total. The highest BCUT2D eigenvalue weighted by atomic mass is 32.2. The number of aromatic nitrogens is 1. The fraction of sp³-hybridized carbons (Fsp3) is 0.692. The van der Waals surface area contributed by atoms with Crippen LogP contribution in [0, 0.1) is 5.92 Å². The Kier molecular flexibility index (Phi) is 5.66. The average Bonchev–Trinajstić information content (AvgIpc) is 2.92. The Morgan fingerprint density at radius 3 is 3.26 bits per heavy atom. The third kappa shape index (κ3) is 4.47. The molecule has 0 bridgehead atoms. The molecule has 2 heterocycles. The minimum absolute atomic E-state index is 0.186. The molecule has 1 aromatic rings. The summed E-state index contributed by atoms with van der Waals surface area (Å²) in [6.07, 6.45) is 1.70. The van der Waals surface area contributed by atoms with Crippen molar-refractivity contribution in [1.82, 2.24) is 9.88 Å². The topological polar surface area (TPSA) is 53.4 Å². The Bertz CT molecular complexity index is 395. The normalized spacial score (nSPS) is 21.4. The quantitative estimate of drug-likeness (QED) is 0.903. The third-order valence-corrected chi connectivity index (χ3v) is 5.04. The van der Waals surface area contributed by atoms with E-state index >= 15 is 0 Å². The van der Waals surface area contributed by atoms with E-state index in [1.165, 1.54) is 0 Å². The highest BCUT2D eigenvalue weighted by molar-refractivity contribution is 7.99. The summed E-state index contributed by atoms with van der Waals surface area (Å²) in [5.74, 6) is 1.72. The number of amides is 1. The summed E-state index contributed by atoms with van der Waals surface area (Å²) < 4.78 is 0. The standard InChI is InChI=1S/C13H20N2O2S2/c1-10(16)11-3-2-4-15(5-11)13(17)8-18-6-12-7-19-9-14-12/h7,9-11,16H,2-6,8H2,1H3. The lowest BCUT2D eigenvalue weighted by Crippen LogP contribution is -2.43. The number of hydrogen-bond donors (Lipinski definition) is 1. The molecule has 0 aromatic carbocycles. The number of carbonyl (C=O) groups is 1. The van der Waals surface area contributed by atoms with Crippen LogP contribution in [0.15, 0.2) is 10.9 Å². The monoisotopic (exact) mass is 300 g/mol. The van der Waals surface area contributed by atoms with Crippen molar-refractivity contribution in [2.45, 2.75) is 31.6 Å². The molecule has 1 amide bonds. The largest absolute Gasteiger partial charge is 0.393 e. The van der Waals surface area contributed by atoms with Gasteiger partial charge in [0.1, 0.15) is 0 Å². The van der Waals surface area contributed by atoms with Crippen molar-refractivity contribution in [2.75, 3.05) is 18.8 Å². The van der Waals surface area contributed by atoms with Crippen molar-refractivity contribution in [3.05, 3.63) is 16.6 Å². The maximum atomic E-state index is 12.1. The Morgan fingerprint density at radius 2 is 2.58 bits per heavy atom. The van der Waals surface area contributed by atoms with Crippen molar-refractivity contribution >= 4 is 29.0 Å². The van der Waals surface area contributed by atoms with Crippen LogP contribution in [0.3, 0.4) is 0 Å². The van der Waals surface area contributed by atoms with Crippen molar-refractivity contribution in [1.29, 1.82) is 0 Å². The zero-order chi connectivity index (χ0) is 13.7. The van der Waals surface area contributed by atoms with E-state index in [-0.39, 0.29) is 17.9 Å². The van der Waals surface area contributed by atoms with Crippen molar-refractivity contribution < 1.29 is 9.90 Å². The summed E-state index contributed by atoms with van der Waals surface area (Å²) in [6.45, 7) is 3.35. The Labute approximate surface area is 122 Å². The van der Waals surface area contributed by atoms with Gasteiger partial charge in [0.25, 0.3) is 0 Å². The molecule has 1 saturated heterocycles. The van der Waals surface area contributed by atoms with Crippen LogP contribution < -0.4 is 0 Å². The number of aliphatic hydroxyl groups is 1. The second-order valence-corrected chi connectivity index (χ2v) is 6.66. The minimum Gasteiger partial charge on any atom is -0.393 e. The number of likely N-dealkylation sites (tertiary alicyclic amines) is 1. The summed E-state index contributed by atoms with van der Waals surface area (Å²) >= 11 is 3.20. The average molecular weight is 300 g/mol. The van der Waals surface area contributed by atoms with Crippen LogP contribution in [-0.2, 0) is 10.5 Å². The third-order valence-electron chi connectivity index (χ3n) is 3.45. The lowest BCUT2D eigenvalue weighted by atomic mass is 9.93. The zero-order valence-electron chi connectivity index (χ0n) is 11.1. The zero-order valence-corrected chi connectivity index (χ0v) is 12.8. The van der Waals surface area contributed by atoms with Crippen molar-refractivity contribution in [3.8, 4) is 0 Å². The number of rotatable bonds is 5. The molecule has 19 heavy (non-hydrogen) atoms. The molecule has 1 N–H and O–H groups in total. The van der Waals surface area contributed by atoms with Crippen LogP contribution in [-0.4, -0.2) is 45.8 Å². The van der Waals surface area contributed by atoms with Crippen LogP contribution in [0.1, 0.15) is 25.5 Å². The predicted molar refractivity (Wildman–Crippen MR) is 79.3 cm³/mol. The van der Waals surface area contributed by atoms with Gasteiger partial charge in [-0.05, 0) is 19.8 Å². The molecule has 6 heteroatoms. The minimum atomic E-state index is -0.321. The maximum absolute atomic E-state index is 12.1. The van der Waals surface area contributed by atoms with Crippen LogP contribution in [0.5, 0.6) is 0 Å². The first-order chi connectivity index (χ1) is 9.16. The van der Waals surface area contributed by atoms with Gasteiger partial charge in [0, 0.05) is 30.1 Å². The van der Waals surface area contributed by atoms with Gasteiger partial charge < -0.3 is 10.0 Å². The Hall–Kier alpha value is -0.590. The molecule has 0 spiro atoms. The van der Waals surface area contributed by atoms with E-state index in [1.807, 2.05) is 22.7 Å². The van der Waals surface area contributed by atoms with Gasteiger partial charge in [-0.15, -0.1) is 23.1 Å². The van der Waals surface area contributed by atoms with Gasteiger partial charge in [-0.3, -0.25) is 4.79 Å². The van der Waals surface area contributed by atoms with Gasteiger partial charge in [0.15, 0.2) is 0 Å². The SMILES string of the molecule is CC(O)C1CCCN(C(=O)CSCc2cscn2)C1. The van der Waals surface area contributed by atoms with Crippen LogP contribution in [0.2, 0.25) is 0 Å². The molecule has 1 aromatic heterocycles. The van der Waals surface area contributed by atoms with E-state index in [4.69, 9.17) is 0 Å². The highest BCUT2D eigenvalue weighted by Gasteiger charge is 2.26. The molecule has 2 rings (SSSR count). The van der Waals surface area contributed by atoms with Crippen LogP contribution in [0.25, 0.3) is 0 Å². The number of carbonyl (C=O) groups excluding carboxylic acids is 1. The van der Waals surface area contributed by atoms with E-state index < -0.39 is 0 Å². The van der Waals surface area contributed by atoms with E-state index in [2.05, 4.69) is 4.98 Å². The highest BCUT2D eigenvalue weighted by Crippen LogP contribution is 2.21. The summed E-state index contributed by atoms with van der Waals surface area (Å²) in [6, 6.07) is 0. The van der Waals surface area contributed by atoms with E-state index in [0.29, 0.717) is 12.3 Å². The Balaban J connectivity index is 1.73. The maximum Gasteiger partial charge on any atom is 0.232 e. The van der Waals surface area contributed by atoms with Gasteiger partial charge in [-0.2, -0.15) is 0 Å². The summed E-state index contributed by atoms with van der Waals surface area (Å²) in [4.78, 5) is 18.2. The van der Waals surface area contributed by atoms with Crippen molar-refractivity contribution in [2.24, 2.45) is 5.92 Å². The summed E-state index contributed by atoms with van der Waals surface area (Å²) in [5.41, 5.74) is 2.86. The summed E-state index contributed by atoms with van der Waals surface area (Å²) in [5, 5.41) is 11.6. The van der Waals surface area contributed by atoms with Crippen LogP contribution in [0.4, 0.5) is 0 Å². The Morgan fingerprint density at radius 1 is 1.74 bits per heavy atom. The van der Waals surface area contributed by atoms with Gasteiger partial charge in [0.2, 0.25) is 5.91 Å². The number of piperidine rings is 1. The molecule has 0 aliphatic carbocycles. The predicted octanol–water partition coefficient (Wildman–Crippen LogP) is 2.00. The number of nitrogens with zero attached hydrogens (tertiary/aromatic N) is 2. The fourth-order valence-electron chi connectivity index (χ4n) is 2.27. The first kappa shape index (κ1) is 14.8.